The number of nitrogens with zero attached hydrogens (tertiary/aromatic N) is 1. The van der Waals surface area contributed by atoms with Crippen molar-refractivity contribution < 1.29 is 4.74 Å². The van der Waals surface area contributed by atoms with Crippen LogP contribution in [0.4, 0.5) is 0 Å². The summed E-state index contributed by atoms with van der Waals surface area (Å²) in [6, 6.07) is 9.08. The van der Waals surface area contributed by atoms with Crippen LogP contribution < -0.4 is 10.1 Å². The van der Waals surface area contributed by atoms with Crippen molar-refractivity contribution in [1.29, 1.82) is 0 Å². The number of fused-ring (bicyclic) bond motifs is 1. The topological polar surface area (TPSA) is 24.5 Å². The van der Waals surface area contributed by atoms with Crippen LogP contribution in [-0.2, 0) is 6.54 Å². The third-order valence-electron chi connectivity index (χ3n) is 3.67. The first kappa shape index (κ1) is 11.1. The molecular formula is C14H20N2O. The van der Waals surface area contributed by atoms with E-state index in [0.29, 0.717) is 6.04 Å². The van der Waals surface area contributed by atoms with Gasteiger partial charge < -0.3 is 10.1 Å². The normalized spacial score (nSPS) is 25.1. The maximum atomic E-state index is 5.78. The molecule has 0 amide bonds. The van der Waals surface area contributed by atoms with Crippen molar-refractivity contribution in [2.75, 3.05) is 26.2 Å². The van der Waals surface area contributed by atoms with Crippen LogP contribution >= 0.6 is 0 Å². The highest BCUT2D eigenvalue weighted by Gasteiger charge is 2.20. The van der Waals surface area contributed by atoms with Crippen LogP contribution in [0.1, 0.15) is 18.4 Å². The molecule has 1 unspecified atom stereocenters. The Balaban J connectivity index is 1.67. The largest absolute Gasteiger partial charge is 0.492 e. The van der Waals surface area contributed by atoms with Crippen LogP contribution in [-0.4, -0.2) is 37.2 Å². The molecule has 3 rings (SSSR count). The molecule has 1 N–H and O–H groups in total. The van der Waals surface area contributed by atoms with Gasteiger partial charge >= 0.3 is 0 Å². The van der Waals surface area contributed by atoms with Crippen molar-refractivity contribution in [1.82, 2.24) is 10.2 Å². The van der Waals surface area contributed by atoms with Crippen LogP contribution in [0.15, 0.2) is 24.3 Å². The zero-order valence-electron chi connectivity index (χ0n) is 10.2. The predicted octanol–water partition coefficient (Wildman–Crippen LogP) is 1.63. The van der Waals surface area contributed by atoms with Crippen LogP contribution in [0, 0.1) is 0 Å². The smallest absolute Gasteiger partial charge is 0.123 e. The molecule has 0 saturated carbocycles. The second kappa shape index (κ2) is 5.07. The first-order valence-electron chi connectivity index (χ1n) is 6.58. The lowest BCUT2D eigenvalue weighted by atomic mass is 10.1. The first-order valence-corrected chi connectivity index (χ1v) is 6.58. The Bertz CT molecular complexity index is 374. The maximum absolute atomic E-state index is 5.78. The van der Waals surface area contributed by atoms with E-state index in [1.807, 2.05) is 6.07 Å². The lowest BCUT2D eigenvalue weighted by Crippen LogP contribution is -2.38. The highest BCUT2D eigenvalue weighted by atomic mass is 16.5. The number of rotatable bonds is 2. The van der Waals surface area contributed by atoms with E-state index in [1.165, 1.54) is 24.9 Å². The van der Waals surface area contributed by atoms with E-state index >= 15 is 0 Å². The van der Waals surface area contributed by atoms with Gasteiger partial charge in [0.1, 0.15) is 12.4 Å². The van der Waals surface area contributed by atoms with Crippen LogP contribution in [0.3, 0.4) is 0 Å². The van der Waals surface area contributed by atoms with Gasteiger partial charge in [0, 0.05) is 31.2 Å². The third-order valence-corrected chi connectivity index (χ3v) is 3.67. The van der Waals surface area contributed by atoms with Crippen molar-refractivity contribution >= 4 is 0 Å². The van der Waals surface area contributed by atoms with E-state index in [2.05, 4.69) is 28.4 Å². The lowest BCUT2D eigenvalue weighted by Gasteiger charge is -2.23. The minimum absolute atomic E-state index is 0.681. The predicted molar refractivity (Wildman–Crippen MR) is 68.2 cm³/mol. The molecular weight excluding hydrogens is 212 g/mol. The molecule has 1 aromatic rings. The molecule has 1 fully saturated rings. The molecule has 0 spiro atoms. The lowest BCUT2D eigenvalue weighted by molar-refractivity contribution is 0.211. The van der Waals surface area contributed by atoms with Gasteiger partial charge in [0.2, 0.25) is 0 Å². The quantitative estimate of drug-likeness (QED) is 0.839. The standard InChI is InChI=1S/C14H20N2O/c1-2-6-14-12(4-1)10-16(8-9-17-14)11-13-5-3-7-15-13/h1-2,4,6,13,15H,3,5,7-11H2. The molecule has 1 atom stereocenters. The molecule has 0 aliphatic carbocycles. The van der Waals surface area contributed by atoms with Crippen LogP contribution in [0.2, 0.25) is 0 Å². The molecule has 0 bridgehead atoms. The summed E-state index contributed by atoms with van der Waals surface area (Å²) in [5, 5.41) is 3.57. The van der Waals surface area contributed by atoms with Crippen LogP contribution in [0.5, 0.6) is 5.75 Å². The van der Waals surface area contributed by atoms with Crippen molar-refractivity contribution in [3.8, 4) is 5.75 Å². The Kier molecular flexibility index (Phi) is 3.29. The number of hydrogen-bond acceptors (Lipinski definition) is 3. The molecule has 3 nitrogen and oxygen atoms in total. The highest BCUT2D eigenvalue weighted by molar-refractivity contribution is 5.33. The minimum Gasteiger partial charge on any atom is -0.492 e. The number of hydrogen-bond donors (Lipinski definition) is 1. The summed E-state index contributed by atoms with van der Waals surface area (Å²) in [4.78, 5) is 2.51. The Morgan fingerprint density at radius 3 is 3.18 bits per heavy atom. The summed E-state index contributed by atoms with van der Waals surface area (Å²) in [6.07, 6.45) is 2.64. The molecule has 3 heteroatoms. The SMILES string of the molecule is c1ccc2c(c1)CN(CC1CCCN1)CCO2. The van der Waals surface area contributed by atoms with Crippen LogP contribution in [0.25, 0.3) is 0 Å². The van der Waals surface area contributed by atoms with Gasteiger partial charge in [0.25, 0.3) is 0 Å². The summed E-state index contributed by atoms with van der Waals surface area (Å²) in [5.74, 6) is 1.06. The molecule has 1 saturated heterocycles. The fourth-order valence-corrected chi connectivity index (χ4v) is 2.76. The Hall–Kier alpha value is -1.06. The Labute approximate surface area is 103 Å². The van der Waals surface area contributed by atoms with E-state index in [1.54, 1.807) is 0 Å². The summed E-state index contributed by atoms with van der Waals surface area (Å²) in [5.41, 5.74) is 1.32. The van der Waals surface area contributed by atoms with E-state index < -0.39 is 0 Å². The van der Waals surface area contributed by atoms with Gasteiger partial charge in [-0.25, -0.2) is 0 Å². The fourth-order valence-electron chi connectivity index (χ4n) is 2.76. The molecule has 0 radical (unpaired) electrons. The molecule has 2 heterocycles. The monoisotopic (exact) mass is 232 g/mol. The number of benzene rings is 1. The summed E-state index contributed by atoms with van der Waals surface area (Å²) in [6.45, 7) is 5.20. The fraction of sp³-hybridized carbons (Fsp3) is 0.571. The van der Waals surface area contributed by atoms with Crippen molar-refractivity contribution in [2.45, 2.75) is 25.4 Å². The molecule has 17 heavy (non-hydrogen) atoms. The van der Waals surface area contributed by atoms with Gasteiger partial charge in [-0.15, -0.1) is 0 Å². The zero-order valence-corrected chi connectivity index (χ0v) is 10.2. The van der Waals surface area contributed by atoms with E-state index in [-0.39, 0.29) is 0 Å². The minimum atomic E-state index is 0.681. The van der Waals surface area contributed by atoms with Gasteiger partial charge in [-0.3, -0.25) is 4.90 Å². The molecule has 1 aromatic carbocycles. The number of ether oxygens (including phenoxy) is 1. The molecule has 0 aromatic heterocycles. The summed E-state index contributed by atoms with van der Waals surface area (Å²) in [7, 11) is 0. The Morgan fingerprint density at radius 1 is 1.35 bits per heavy atom. The van der Waals surface area contributed by atoms with E-state index in [4.69, 9.17) is 4.74 Å². The van der Waals surface area contributed by atoms with Gasteiger partial charge in [-0.1, -0.05) is 18.2 Å². The zero-order chi connectivity index (χ0) is 11.5. The molecule has 92 valence electrons. The molecule has 2 aliphatic rings. The average molecular weight is 232 g/mol. The number of nitrogens with one attached hydrogen (secondary N) is 1. The second-order valence-corrected chi connectivity index (χ2v) is 4.98. The van der Waals surface area contributed by atoms with Crippen molar-refractivity contribution in [3.05, 3.63) is 29.8 Å². The average Bonchev–Trinajstić information content (AvgIpc) is 2.76. The van der Waals surface area contributed by atoms with E-state index in [0.717, 1.165) is 32.0 Å². The molecule has 2 aliphatic heterocycles. The Morgan fingerprint density at radius 2 is 2.29 bits per heavy atom. The highest BCUT2D eigenvalue weighted by Crippen LogP contribution is 2.22. The first-order chi connectivity index (χ1) is 8.42. The van der Waals surface area contributed by atoms with Crippen molar-refractivity contribution in [3.63, 3.8) is 0 Å². The number of para-hydroxylation sites is 1. The van der Waals surface area contributed by atoms with Crippen molar-refractivity contribution in [2.24, 2.45) is 0 Å². The summed E-state index contributed by atoms with van der Waals surface area (Å²) < 4.78 is 5.78. The van der Waals surface area contributed by atoms with Gasteiger partial charge in [-0.05, 0) is 25.5 Å². The van der Waals surface area contributed by atoms with Gasteiger partial charge in [0.15, 0.2) is 0 Å². The van der Waals surface area contributed by atoms with Gasteiger partial charge in [-0.2, -0.15) is 0 Å². The second-order valence-electron chi connectivity index (χ2n) is 4.98. The van der Waals surface area contributed by atoms with Gasteiger partial charge in [0.05, 0.1) is 0 Å². The third kappa shape index (κ3) is 2.61. The van der Waals surface area contributed by atoms with E-state index in [9.17, 15) is 0 Å². The summed E-state index contributed by atoms with van der Waals surface area (Å²) >= 11 is 0. The maximum Gasteiger partial charge on any atom is 0.123 e.